The molecule has 0 amide bonds. The second-order valence-electron chi connectivity index (χ2n) is 5.73. The van der Waals surface area contributed by atoms with Crippen molar-refractivity contribution in [2.24, 2.45) is 5.92 Å². The predicted octanol–water partition coefficient (Wildman–Crippen LogP) is 4.52. The molecule has 1 aliphatic carbocycles. The largest absolute Gasteiger partial charge is 0.381 e. The molecular formula is C16H20ClN3. The summed E-state index contributed by atoms with van der Waals surface area (Å²) < 4.78 is 1.88. The van der Waals surface area contributed by atoms with Gasteiger partial charge in [0.15, 0.2) is 0 Å². The Kier molecular flexibility index (Phi) is 3.97. The van der Waals surface area contributed by atoms with Crippen LogP contribution in [0.5, 0.6) is 0 Å². The van der Waals surface area contributed by atoms with Gasteiger partial charge in [-0.2, -0.15) is 5.10 Å². The van der Waals surface area contributed by atoms with Gasteiger partial charge in [0.1, 0.15) is 0 Å². The van der Waals surface area contributed by atoms with Gasteiger partial charge >= 0.3 is 0 Å². The molecule has 2 unspecified atom stereocenters. The molecule has 1 aromatic heterocycles. The summed E-state index contributed by atoms with van der Waals surface area (Å²) in [6.07, 6.45) is 8.86. The van der Waals surface area contributed by atoms with Crippen molar-refractivity contribution in [1.29, 1.82) is 0 Å². The highest BCUT2D eigenvalue weighted by atomic mass is 35.5. The van der Waals surface area contributed by atoms with Crippen LogP contribution < -0.4 is 5.32 Å². The molecule has 1 saturated carbocycles. The van der Waals surface area contributed by atoms with Crippen molar-refractivity contribution in [3.05, 3.63) is 41.7 Å². The number of rotatable bonds is 3. The van der Waals surface area contributed by atoms with Crippen LogP contribution in [0.3, 0.4) is 0 Å². The van der Waals surface area contributed by atoms with Crippen molar-refractivity contribution in [2.45, 2.75) is 38.6 Å². The number of hydrogen-bond donors (Lipinski definition) is 1. The van der Waals surface area contributed by atoms with E-state index in [0.717, 1.165) is 22.3 Å². The molecule has 20 heavy (non-hydrogen) atoms. The Morgan fingerprint density at radius 1 is 1.35 bits per heavy atom. The van der Waals surface area contributed by atoms with Crippen molar-refractivity contribution < 1.29 is 0 Å². The van der Waals surface area contributed by atoms with Crippen LogP contribution in [0.15, 0.2) is 36.7 Å². The predicted molar refractivity (Wildman–Crippen MR) is 83.6 cm³/mol. The Labute approximate surface area is 124 Å². The Morgan fingerprint density at radius 2 is 2.25 bits per heavy atom. The van der Waals surface area contributed by atoms with Crippen LogP contribution in [0.25, 0.3) is 5.69 Å². The second-order valence-corrected chi connectivity index (χ2v) is 6.16. The maximum Gasteiger partial charge on any atom is 0.0877 e. The molecule has 3 nitrogen and oxygen atoms in total. The summed E-state index contributed by atoms with van der Waals surface area (Å²) in [5, 5.41) is 8.74. The lowest BCUT2D eigenvalue weighted by Gasteiger charge is -2.29. The van der Waals surface area contributed by atoms with Gasteiger partial charge in [0, 0.05) is 23.5 Å². The van der Waals surface area contributed by atoms with Gasteiger partial charge in [0.05, 0.1) is 11.4 Å². The minimum absolute atomic E-state index is 0.534. The Morgan fingerprint density at radius 3 is 3.00 bits per heavy atom. The maximum absolute atomic E-state index is 6.15. The molecule has 106 valence electrons. The fourth-order valence-corrected chi connectivity index (χ4v) is 3.19. The van der Waals surface area contributed by atoms with Crippen LogP contribution >= 0.6 is 11.6 Å². The lowest BCUT2D eigenvalue weighted by molar-refractivity contribution is 0.358. The summed E-state index contributed by atoms with van der Waals surface area (Å²) in [5.74, 6) is 0.800. The first-order chi connectivity index (χ1) is 9.72. The average Bonchev–Trinajstić information content (AvgIpc) is 2.93. The van der Waals surface area contributed by atoms with E-state index in [9.17, 15) is 0 Å². The van der Waals surface area contributed by atoms with Crippen LogP contribution in [0.1, 0.15) is 32.6 Å². The highest BCUT2D eigenvalue weighted by molar-refractivity contribution is 6.31. The summed E-state index contributed by atoms with van der Waals surface area (Å²) in [7, 11) is 0. The molecule has 1 aliphatic rings. The smallest absolute Gasteiger partial charge is 0.0877 e. The van der Waals surface area contributed by atoms with Gasteiger partial charge in [0.25, 0.3) is 0 Å². The van der Waals surface area contributed by atoms with E-state index in [0.29, 0.717) is 6.04 Å². The number of nitrogens with zero attached hydrogens (tertiary/aromatic N) is 2. The van der Waals surface area contributed by atoms with Crippen LogP contribution in [-0.2, 0) is 0 Å². The fraction of sp³-hybridized carbons (Fsp3) is 0.438. The molecule has 2 atom stereocenters. The molecule has 1 heterocycles. The van der Waals surface area contributed by atoms with Crippen molar-refractivity contribution >= 4 is 17.3 Å². The molecule has 0 saturated heterocycles. The molecule has 1 fully saturated rings. The van der Waals surface area contributed by atoms with Crippen molar-refractivity contribution in [3.8, 4) is 5.69 Å². The Hall–Kier alpha value is -1.48. The van der Waals surface area contributed by atoms with Crippen LogP contribution in [0.4, 0.5) is 5.69 Å². The lowest BCUT2D eigenvalue weighted by Crippen LogP contribution is -2.26. The van der Waals surface area contributed by atoms with Crippen LogP contribution in [0, 0.1) is 5.92 Å². The van der Waals surface area contributed by atoms with Gasteiger partial charge < -0.3 is 5.32 Å². The zero-order chi connectivity index (χ0) is 13.9. The average molecular weight is 290 g/mol. The molecular weight excluding hydrogens is 270 g/mol. The van der Waals surface area contributed by atoms with E-state index in [1.54, 1.807) is 6.20 Å². The third-order valence-electron chi connectivity index (χ3n) is 4.01. The highest BCUT2D eigenvalue weighted by Gasteiger charge is 2.19. The fourth-order valence-electron chi connectivity index (χ4n) is 3.02. The third-order valence-corrected chi connectivity index (χ3v) is 4.24. The lowest BCUT2D eigenvalue weighted by atomic mass is 9.87. The first kappa shape index (κ1) is 13.5. The van der Waals surface area contributed by atoms with E-state index in [1.165, 1.54) is 25.7 Å². The normalized spacial score (nSPS) is 22.7. The molecule has 0 spiro atoms. The molecule has 1 aromatic carbocycles. The summed E-state index contributed by atoms with van der Waals surface area (Å²) in [5.41, 5.74) is 2.12. The molecule has 0 aliphatic heterocycles. The van der Waals surface area contributed by atoms with Gasteiger partial charge in [0.2, 0.25) is 0 Å². The highest BCUT2D eigenvalue weighted by Crippen LogP contribution is 2.30. The van der Waals surface area contributed by atoms with Gasteiger partial charge in [-0.1, -0.05) is 31.4 Å². The molecule has 0 radical (unpaired) electrons. The number of anilines is 1. The first-order valence-electron chi connectivity index (χ1n) is 7.28. The SMILES string of the molecule is CC1CCCC(Nc2cc(Cl)ccc2-n2cccn2)C1. The standard InChI is InChI=1S/C16H20ClN3/c1-12-4-2-5-14(10-12)19-15-11-13(17)6-7-16(15)20-9-3-8-18-20/h3,6-9,11-12,14,19H,2,4-5,10H2,1H3. The molecule has 3 rings (SSSR count). The van der Waals surface area contributed by atoms with E-state index < -0.39 is 0 Å². The van der Waals surface area contributed by atoms with Crippen LogP contribution in [0.2, 0.25) is 5.02 Å². The van der Waals surface area contributed by atoms with Crippen molar-refractivity contribution in [1.82, 2.24) is 9.78 Å². The number of nitrogens with one attached hydrogen (secondary N) is 1. The first-order valence-corrected chi connectivity index (χ1v) is 7.66. The Balaban J connectivity index is 1.86. The van der Waals surface area contributed by atoms with E-state index in [1.807, 2.05) is 35.1 Å². The number of aromatic nitrogens is 2. The zero-order valence-electron chi connectivity index (χ0n) is 11.7. The minimum atomic E-state index is 0.534. The van der Waals surface area contributed by atoms with E-state index in [4.69, 9.17) is 11.6 Å². The van der Waals surface area contributed by atoms with Gasteiger partial charge in [-0.05, 0) is 43.0 Å². The van der Waals surface area contributed by atoms with Crippen molar-refractivity contribution in [3.63, 3.8) is 0 Å². The quantitative estimate of drug-likeness (QED) is 0.900. The number of hydrogen-bond acceptors (Lipinski definition) is 2. The molecule has 4 heteroatoms. The molecule has 2 aromatic rings. The maximum atomic E-state index is 6.15. The van der Waals surface area contributed by atoms with E-state index in [-0.39, 0.29) is 0 Å². The summed E-state index contributed by atoms with van der Waals surface area (Å²) in [6, 6.07) is 8.39. The van der Waals surface area contributed by atoms with Crippen LogP contribution in [-0.4, -0.2) is 15.8 Å². The molecule has 0 bridgehead atoms. The second kappa shape index (κ2) is 5.88. The minimum Gasteiger partial charge on any atom is -0.381 e. The van der Waals surface area contributed by atoms with E-state index in [2.05, 4.69) is 17.3 Å². The van der Waals surface area contributed by atoms with Gasteiger partial charge in [-0.15, -0.1) is 0 Å². The zero-order valence-corrected chi connectivity index (χ0v) is 12.5. The molecule has 1 N–H and O–H groups in total. The van der Waals surface area contributed by atoms with Gasteiger partial charge in [-0.25, -0.2) is 4.68 Å². The monoisotopic (exact) mass is 289 g/mol. The summed E-state index contributed by atoms with van der Waals surface area (Å²) in [4.78, 5) is 0. The van der Waals surface area contributed by atoms with E-state index >= 15 is 0 Å². The van der Waals surface area contributed by atoms with Crippen molar-refractivity contribution in [2.75, 3.05) is 5.32 Å². The third kappa shape index (κ3) is 2.98. The number of halogens is 1. The summed E-state index contributed by atoms with van der Waals surface area (Å²) >= 11 is 6.15. The number of benzene rings is 1. The van der Waals surface area contributed by atoms with Gasteiger partial charge in [-0.3, -0.25) is 0 Å². The Bertz CT molecular complexity index is 565. The topological polar surface area (TPSA) is 29.9 Å². The summed E-state index contributed by atoms with van der Waals surface area (Å²) in [6.45, 7) is 2.33.